The maximum absolute atomic E-state index is 9.12. The second-order valence-corrected chi connectivity index (χ2v) is 7.99. The standard InChI is InChI=1S/C20H20N4OS/c1-13-14(2)26-20-18(13)19(25-16-7-5-6-15(10-16)11-21)22-17(23-20)12-24-8-3-4-9-24/h5-7,10H,3-4,8-9,12H2,1-2H3/p+1. The number of benzene rings is 1. The summed E-state index contributed by atoms with van der Waals surface area (Å²) < 4.78 is 6.13. The zero-order valence-electron chi connectivity index (χ0n) is 15.0. The monoisotopic (exact) mass is 365 g/mol. The summed E-state index contributed by atoms with van der Waals surface area (Å²) in [4.78, 5) is 13.3. The lowest BCUT2D eigenvalue weighted by Gasteiger charge is -2.12. The molecule has 1 saturated heterocycles. The van der Waals surface area contributed by atoms with Gasteiger partial charge in [0.15, 0.2) is 5.82 Å². The molecule has 0 radical (unpaired) electrons. The van der Waals surface area contributed by atoms with Crippen LogP contribution in [0.1, 0.15) is 34.7 Å². The smallest absolute Gasteiger partial charge is 0.231 e. The van der Waals surface area contributed by atoms with Crippen LogP contribution in [-0.4, -0.2) is 23.1 Å². The highest BCUT2D eigenvalue weighted by Crippen LogP contribution is 2.36. The SMILES string of the molecule is Cc1sc2nc(C[NH+]3CCCC3)nc(Oc3cccc(C#N)c3)c2c1C. The third-order valence-corrected chi connectivity index (χ3v) is 6.04. The summed E-state index contributed by atoms with van der Waals surface area (Å²) in [6, 6.07) is 9.35. The van der Waals surface area contributed by atoms with Crippen LogP contribution < -0.4 is 9.64 Å². The topological polar surface area (TPSA) is 63.2 Å². The molecule has 132 valence electrons. The van der Waals surface area contributed by atoms with Crippen LogP contribution in [0.4, 0.5) is 0 Å². The van der Waals surface area contributed by atoms with Gasteiger partial charge in [0.25, 0.3) is 0 Å². The second kappa shape index (κ2) is 7.02. The van der Waals surface area contributed by atoms with Crippen LogP contribution in [0.5, 0.6) is 11.6 Å². The molecule has 3 aromatic rings. The normalized spacial score (nSPS) is 14.7. The second-order valence-electron chi connectivity index (χ2n) is 6.78. The molecular weight excluding hydrogens is 344 g/mol. The lowest BCUT2D eigenvalue weighted by atomic mass is 10.2. The fourth-order valence-corrected chi connectivity index (χ4v) is 4.46. The maximum atomic E-state index is 9.12. The van der Waals surface area contributed by atoms with E-state index in [2.05, 4.69) is 19.9 Å². The first kappa shape index (κ1) is 17.0. The van der Waals surface area contributed by atoms with Crippen molar-refractivity contribution in [3.8, 4) is 17.7 Å². The molecule has 0 aliphatic carbocycles. The zero-order valence-corrected chi connectivity index (χ0v) is 15.8. The van der Waals surface area contributed by atoms with Crippen molar-refractivity contribution >= 4 is 21.6 Å². The van der Waals surface area contributed by atoms with E-state index in [4.69, 9.17) is 20.0 Å². The quantitative estimate of drug-likeness (QED) is 0.771. The molecule has 1 aliphatic rings. The molecule has 3 heterocycles. The van der Waals surface area contributed by atoms with Crippen LogP contribution in [0.2, 0.25) is 0 Å². The maximum Gasteiger partial charge on any atom is 0.231 e. The van der Waals surface area contributed by atoms with Crippen molar-refractivity contribution in [1.82, 2.24) is 9.97 Å². The van der Waals surface area contributed by atoms with E-state index in [-0.39, 0.29) is 0 Å². The van der Waals surface area contributed by atoms with Crippen molar-refractivity contribution in [3.63, 3.8) is 0 Å². The van der Waals surface area contributed by atoms with Crippen molar-refractivity contribution < 1.29 is 9.64 Å². The zero-order chi connectivity index (χ0) is 18.1. The first-order valence-corrected chi connectivity index (χ1v) is 9.74. The molecule has 0 atom stereocenters. The van der Waals surface area contributed by atoms with Crippen LogP contribution in [0.25, 0.3) is 10.2 Å². The summed E-state index contributed by atoms with van der Waals surface area (Å²) in [5, 5.41) is 10.1. The predicted molar refractivity (Wildman–Crippen MR) is 102 cm³/mol. The number of fused-ring (bicyclic) bond motifs is 1. The van der Waals surface area contributed by atoms with Crippen LogP contribution >= 0.6 is 11.3 Å². The summed E-state index contributed by atoms with van der Waals surface area (Å²) in [6.07, 6.45) is 2.55. The first-order chi connectivity index (χ1) is 12.6. The highest BCUT2D eigenvalue weighted by atomic mass is 32.1. The van der Waals surface area contributed by atoms with Gasteiger partial charge in [-0.25, -0.2) is 4.98 Å². The number of likely N-dealkylation sites (tertiary alicyclic amines) is 1. The number of aryl methyl sites for hydroxylation is 2. The Bertz CT molecular complexity index is 999. The van der Waals surface area contributed by atoms with Gasteiger partial charge in [0.05, 0.1) is 30.1 Å². The molecule has 0 spiro atoms. The minimum absolute atomic E-state index is 0.577. The van der Waals surface area contributed by atoms with Crippen LogP contribution in [0.15, 0.2) is 24.3 Å². The van der Waals surface area contributed by atoms with Gasteiger partial charge in [-0.3, -0.25) is 0 Å². The minimum Gasteiger partial charge on any atom is -0.438 e. The van der Waals surface area contributed by atoms with E-state index in [1.165, 1.54) is 35.7 Å². The van der Waals surface area contributed by atoms with Crippen molar-refractivity contribution in [2.24, 2.45) is 0 Å². The number of nitrogens with zero attached hydrogens (tertiary/aromatic N) is 3. The average Bonchev–Trinajstić information content (AvgIpc) is 3.23. The molecule has 2 aromatic heterocycles. The summed E-state index contributed by atoms with van der Waals surface area (Å²) in [7, 11) is 0. The number of ether oxygens (including phenoxy) is 1. The number of nitriles is 1. The number of hydrogen-bond acceptors (Lipinski definition) is 5. The number of aromatic nitrogens is 2. The molecule has 6 heteroatoms. The molecule has 0 unspecified atom stereocenters. The summed E-state index contributed by atoms with van der Waals surface area (Å²) in [6.45, 7) is 7.39. The molecular formula is C20H21N4OS+. The van der Waals surface area contributed by atoms with Gasteiger partial charge in [0, 0.05) is 17.7 Å². The predicted octanol–water partition coefficient (Wildman–Crippen LogP) is 3.15. The number of rotatable bonds is 4. The molecule has 1 aromatic carbocycles. The van der Waals surface area contributed by atoms with Gasteiger partial charge in [-0.1, -0.05) is 6.07 Å². The largest absolute Gasteiger partial charge is 0.438 e. The van der Waals surface area contributed by atoms with Crippen LogP contribution in [0.3, 0.4) is 0 Å². The van der Waals surface area contributed by atoms with E-state index in [0.29, 0.717) is 17.2 Å². The molecule has 0 saturated carbocycles. The fraction of sp³-hybridized carbons (Fsp3) is 0.350. The van der Waals surface area contributed by atoms with Crippen molar-refractivity contribution in [1.29, 1.82) is 5.26 Å². The number of thiophene rings is 1. The highest BCUT2D eigenvalue weighted by Gasteiger charge is 2.21. The number of nitrogens with one attached hydrogen (secondary N) is 1. The van der Waals surface area contributed by atoms with Gasteiger partial charge in [0.1, 0.15) is 17.1 Å². The highest BCUT2D eigenvalue weighted by molar-refractivity contribution is 7.18. The molecule has 26 heavy (non-hydrogen) atoms. The molecule has 1 N–H and O–H groups in total. The fourth-order valence-electron chi connectivity index (χ4n) is 3.42. The van der Waals surface area contributed by atoms with E-state index in [9.17, 15) is 0 Å². The third kappa shape index (κ3) is 3.28. The Morgan fingerprint density at radius 2 is 2.04 bits per heavy atom. The van der Waals surface area contributed by atoms with E-state index in [1.807, 2.05) is 12.1 Å². The average molecular weight is 365 g/mol. The molecule has 4 rings (SSSR count). The van der Waals surface area contributed by atoms with Crippen molar-refractivity contribution in [2.45, 2.75) is 33.2 Å². The Morgan fingerprint density at radius 3 is 2.81 bits per heavy atom. The van der Waals surface area contributed by atoms with Crippen LogP contribution in [0, 0.1) is 25.2 Å². The van der Waals surface area contributed by atoms with Gasteiger partial charge < -0.3 is 9.64 Å². The number of quaternary nitrogens is 1. The van der Waals surface area contributed by atoms with Gasteiger partial charge in [-0.2, -0.15) is 10.2 Å². The van der Waals surface area contributed by atoms with Gasteiger partial charge >= 0.3 is 0 Å². The molecule has 0 bridgehead atoms. The van der Waals surface area contributed by atoms with E-state index in [1.54, 1.807) is 23.5 Å². The van der Waals surface area contributed by atoms with Gasteiger partial charge in [0.2, 0.25) is 5.88 Å². The minimum atomic E-state index is 0.577. The van der Waals surface area contributed by atoms with Crippen molar-refractivity contribution in [3.05, 3.63) is 46.1 Å². The summed E-state index contributed by atoms with van der Waals surface area (Å²) in [5.41, 5.74) is 1.74. The van der Waals surface area contributed by atoms with Crippen LogP contribution in [-0.2, 0) is 6.54 Å². The molecule has 1 fully saturated rings. The Kier molecular flexibility index (Phi) is 4.58. The van der Waals surface area contributed by atoms with Gasteiger partial charge in [-0.05, 0) is 37.6 Å². The first-order valence-electron chi connectivity index (χ1n) is 8.92. The summed E-state index contributed by atoms with van der Waals surface area (Å²) >= 11 is 1.69. The van der Waals surface area contributed by atoms with Crippen molar-refractivity contribution in [2.75, 3.05) is 13.1 Å². The lowest BCUT2D eigenvalue weighted by molar-refractivity contribution is -0.902. The molecule has 5 nitrogen and oxygen atoms in total. The molecule has 0 amide bonds. The van der Waals surface area contributed by atoms with Gasteiger partial charge in [-0.15, -0.1) is 11.3 Å². The Balaban J connectivity index is 1.75. The van der Waals surface area contributed by atoms with E-state index >= 15 is 0 Å². The lowest BCUT2D eigenvalue weighted by Crippen LogP contribution is -3.08. The van der Waals surface area contributed by atoms with E-state index < -0.39 is 0 Å². The number of hydrogen-bond donors (Lipinski definition) is 1. The Hall–Kier alpha value is -2.49. The van der Waals surface area contributed by atoms with E-state index in [0.717, 1.165) is 28.1 Å². The summed E-state index contributed by atoms with van der Waals surface area (Å²) in [5.74, 6) is 2.06. The Labute approximate surface area is 156 Å². The Morgan fingerprint density at radius 1 is 1.23 bits per heavy atom. The third-order valence-electron chi connectivity index (χ3n) is 4.94. The molecule has 1 aliphatic heterocycles.